The molecule has 0 aliphatic rings. The number of benzene rings is 1. The molecule has 17 heavy (non-hydrogen) atoms. The molecule has 0 unspecified atom stereocenters. The van der Waals surface area contributed by atoms with Crippen molar-refractivity contribution in [1.29, 1.82) is 0 Å². The van der Waals surface area contributed by atoms with Crippen molar-refractivity contribution in [3.8, 4) is 11.3 Å². The van der Waals surface area contributed by atoms with E-state index in [1.807, 2.05) is 0 Å². The maximum Gasteiger partial charge on any atom is 0.187 e. The van der Waals surface area contributed by atoms with E-state index in [0.717, 1.165) is 5.56 Å². The van der Waals surface area contributed by atoms with Crippen LogP contribution in [0.15, 0.2) is 36.5 Å². The maximum atomic E-state index is 10.6. The number of halogens is 1. The highest BCUT2D eigenvalue weighted by Gasteiger charge is 2.04. The Morgan fingerprint density at radius 3 is 2.53 bits per heavy atom. The fourth-order valence-corrected chi connectivity index (χ4v) is 1.59. The van der Waals surface area contributed by atoms with Crippen LogP contribution in [-0.4, -0.2) is 11.3 Å². The van der Waals surface area contributed by atoms with Crippen LogP contribution in [0.25, 0.3) is 16.1 Å². The zero-order valence-electron chi connectivity index (χ0n) is 8.72. The number of hydrogen-bond donors (Lipinski definition) is 0. The molecule has 0 radical (unpaired) electrons. The van der Waals surface area contributed by atoms with Crippen molar-refractivity contribution >= 4 is 23.6 Å². The summed E-state index contributed by atoms with van der Waals surface area (Å²) in [6, 6.07) is 8.66. The number of pyridine rings is 1. The summed E-state index contributed by atoms with van der Waals surface area (Å²) in [5.74, 6) is 0. The van der Waals surface area contributed by atoms with Crippen molar-refractivity contribution in [2.45, 2.75) is 0 Å². The summed E-state index contributed by atoms with van der Waals surface area (Å²) in [5, 5.41) is 0.374. The Balaban J connectivity index is 2.43. The third-order valence-electron chi connectivity index (χ3n) is 2.30. The fraction of sp³-hybridized carbons (Fsp3) is 0. The van der Waals surface area contributed by atoms with Crippen molar-refractivity contribution < 1.29 is 4.79 Å². The number of aldehydes is 1. The third kappa shape index (κ3) is 2.32. The quantitative estimate of drug-likeness (QED) is 0.594. The summed E-state index contributed by atoms with van der Waals surface area (Å²) in [4.78, 5) is 18.1. The zero-order chi connectivity index (χ0) is 12.3. The number of nitrogens with zero attached hydrogens (tertiary/aromatic N) is 2. The lowest BCUT2D eigenvalue weighted by Gasteiger charge is -2.02. The van der Waals surface area contributed by atoms with E-state index < -0.39 is 0 Å². The van der Waals surface area contributed by atoms with Gasteiger partial charge in [-0.15, -0.1) is 0 Å². The summed E-state index contributed by atoms with van der Waals surface area (Å²) in [6.07, 6.45) is 2.11. The minimum atomic E-state index is 0.369. The van der Waals surface area contributed by atoms with Crippen molar-refractivity contribution in [3.63, 3.8) is 0 Å². The summed E-state index contributed by atoms with van der Waals surface area (Å²) in [5.41, 5.74) is 2.48. The Kier molecular flexibility index (Phi) is 3.17. The molecule has 0 fully saturated rings. The van der Waals surface area contributed by atoms with Crippen LogP contribution in [0.1, 0.15) is 10.4 Å². The smallest absolute Gasteiger partial charge is 0.187 e. The number of carbonyl (C=O) groups excluding carboxylic acids is 1. The van der Waals surface area contributed by atoms with E-state index >= 15 is 0 Å². The fourth-order valence-electron chi connectivity index (χ4n) is 1.39. The average Bonchev–Trinajstić information content (AvgIpc) is 2.39. The molecule has 0 aliphatic heterocycles. The van der Waals surface area contributed by atoms with E-state index in [4.69, 9.17) is 18.2 Å². The van der Waals surface area contributed by atoms with Crippen LogP contribution in [-0.2, 0) is 0 Å². The van der Waals surface area contributed by atoms with E-state index in [1.54, 1.807) is 30.3 Å². The second-order valence-corrected chi connectivity index (χ2v) is 3.77. The topological polar surface area (TPSA) is 34.3 Å². The van der Waals surface area contributed by atoms with Crippen molar-refractivity contribution in [2.24, 2.45) is 0 Å². The molecule has 1 aromatic heterocycles. The molecular formula is C13H7ClN2O. The molecule has 82 valence electrons. The highest BCUT2D eigenvalue weighted by molar-refractivity contribution is 6.33. The largest absolute Gasteiger partial charge is 0.298 e. The Hall–Kier alpha value is -2.18. The van der Waals surface area contributed by atoms with Gasteiger partial charge in [-0.1, -0.05) is 35.9 Å². The SMILES string of the molecule is [C-]#[N+]c1ccc(-c2cc(Cl)c(C=O)cn2)cc1. The standard InChI is InChI=1S/C13H7ClN2O/c1-15-11-4-2-9(3-5-11)13-6-12(14)10(8-17)7-16-13/h2-8H. The first-order valence-electron chi connectivity index (χ1n) is 4.83. The molecule has 0 N–H and O–H groups in total. The Morgan fingerprint density at radius 2 is 2.00 bits per heavy atom. The third-order valence-corrected chi connectivity index (χ3v) is 2.63. The van der Waals surface area contributed by atoms with E-state index in [1.165, 1.54) is 6.20 Å². The van der Waals surface area contributed by atoms with Gasteiger partial charge in [-0.05, 0) is 11.6 Å². The van der Waals surface area contributed by atoms with Gasteiger partial charge in [0.05, 0.1) is 22.9 Å². The lowest BCUT2D eigenvalue weighted by Crippen LogP contribution is -1.88. The summed E-state index contributed by atoms with van der Waals surface area (Å²) >= 11 is 5.92. The molecule has 4 heteroatoms. The van der Waals surface area contributed by atoms with Crippen LogP contribution < -0.4 is 0 Å². The molecule has 0 atom stereocenters. The number of aromatic nitrogens is 1. The van der Waals surface area contributed by atoms with Crippen LogP contribution in [0.3, 0.4) is 0 Å². The van der Waals surface area contributed by atoms with Gasteiger partial charge in [0.2, 0.25) is 0 Å². The van der Waals surface area contributed by atoms with E-state index in [0.29, 0.717) is 28.3 Å². The van der Waals surface area contributed by atoms with Crippen molar-refractivity contribution in [2.75, 3.05) is 0 Å². The van der Waals surface area contributed by atoms with Gasteiger partial charge in [-0.3, -0.25) is 9.78 Å². The molecule has 2 aromatic rings. The van der Waals surface area contributed by atoms with Gasteiger partial charge in [-0.25, -0.2) is 4.85 Å². The van der Waals surface area contributed by atoms with Crippen LogP contribution in [0.2, 0.25) is 5.02 Å². The molecule has 0 saturated heterocycles. The lowest BCUT2D eigenvalue weighted by molar-refractivity contribution is 0.112. The normalized spacial score (nSPS) is 9.65. The minimum absolute atomic E-state index is 0.369. The highest BCUT2D eigenvalue weighted by atomic mass is 35.5. The number of rotatable bonds is 2. The number of hydrogen-bond acceptors (Lipinski definition) is 2. The van der Waals surface area contributed by atoms with E-state index in [-0.39, 0.29) is 0 Å². The molecule has 0 bridgehead atoms. The van der Waals surface area contributed by atoms with Crippen LogP contribution in [0.5, 0.6) is 0 Å². The van der Waals surface area contributed by atoms with Gasteiger partial charge in [0.1, 0.15) is 0 Å². The summed E-state index contributed by atoms with van der Waals surface area (Å²) in [6.45, 7) is 6.86. The van der Waals surface area contributed by atoms with Crippen LogP contribution in [0, 0.1) is 6.57 Å². The molecule has 0 spiro atoms. The minimum Gasteiger partial charge on any atom is -0.298 e. The van der Waals surface area contributed by atoms with Gasteiger partial charge < -0.3 is 0 Å². The average molecular weight is 243 g/mol. The zero-order valence-corrected chi connectivity index (χ0v) is 9.48. The van der Waals surface area contributed by atoms with Crippen LogP contribution in [0.4, 0.5) is 5.69 Å². The first-order chi connectivity index (χ1) is 8.24. The van der Waals surface area contributed by atoms with Gasteiger partial charge in [0, 0.05) is 6.20 Å². The van der Waals surface area contributed by atoms with Crippen molar-refractivity contribution in [1.82, 2.24) is 4.98 Å². The first-order valence-corrected chi connectivity index (χ1v) is 5.21. The van der Waals surface area contributed by atoms with Crippen molar-refractivity contribution in [3.05, 3.63) is 58.5 Å². The molecule has 2 rings (SSSR count). The van der Waals surface area contributed by atoms with Gasteiger partial charge in [-0.2, -0.15) is 0 Å². The Labute approximate surface area is 104 Å². The van der Waals surface area contributed by atoms with Gasteiger partial charge in [0.25, 0.3) is 0 Å². The second-order valence-electron chi connectivity index (χ2n) is 3.37. The predicted octanol–water partition coefficient (Wildman–Crippen LogP) is 3.77. The maximum absolute atomic E-state index is 10.6. The van der Waals surface area contributed by atoms with E-state index in [2.05, 4.69) is 9.83 Å². The number of carbonyl (C=O) groups is 1. The monoisotopic (exact) mass is 242 g/mol. The Morgan fingerprint density at radius 1 is 1.29 bits per heavy atom. The van der Waals surface area contributed by atoms with E-state index in [9.17, 15) is 4.79 Å². The molecule has 1 aromatic carbocycles. The van der Waals surface area contributed by atoms with Gasteiger partial charge >= 0.3 is 0 Å². The molecule has 1 heterocycles. The molecular weight excluding hydrogens is 236 g/mol. The molecule has 0 amide bonds. The molecule has 0 aliphatic carbocycles. The summed E-state index contributed by atoms with van der Waals surface area (Å²) in [7, 11) is 0. The lowest BCUT2D eigenvalue weighted by atomic mass is 10.1. The summed E-state index contributed by atoms with van der Waals surface area (Å²) < 4.78 is 0. The second kappa shape index (κ2) is 4.77. The van der Waals surface area contributed by atoms with Gasteiger partial charge in [0.15, 0.2) is 12.0 Å². The van der Waals surface area contributed by atoms with Crippen LogP contribution >= 0.6 is 11.6 Å². The Bertz CT molecular complexity index is 600. The molecule has 3 nitrogen and oxygen atoms in total. The first kappa shape index (κ1) is 11.3. The predicted molar refractivity (Wildman–Crippen MR) is 66.3 cm³/mol. The highest BCUT2D eigenvalue weighted by Crippen LogP contribution is 2.24. The molecule has 0 saturated carbocycles.